The van der Waals surface area contributed by atoms with Crippen LogP contribution in [0.1, 0.15) is 33.2 Å². The van der Waals surface area contributed by atoms with Crippen molar-refractivity contribution in [2.24, 2.45) is 0 Å². The quantitative estimate of drug-likeness (QED) is 0.183. The monoisotopic (exact) mass is 444 g/mol. The molecular formula is C25H17ClN2O4. The maximum absolute atomic E-state index is 12.5. The van der Waals surface area contributed by atoms with Gasteiger partial charge in [0.05, 0.1) is 11.3 Å². The number of rotatable bonds is 6. The zero-order valence-corrected chi connectivity index (χ0v) is 17.7. The lowest BCUT2D eigenvalue weighted by Gasteiger charge is -2.08. The van der Waals surface area contributed by atoms with Gasteiger partial charge in [0.25, 0.3) is 5.91 Å². The fourth-order valence-electron chi connectivity index (χ4n) is 2.82. The maximum Gasteiger partial charge on any atom is 0.343 e. The molecule has 0 saturated carbocycles. The molecule has 0 saturated heterocycles. The van der Waals surface area contributed by atoms with E-state index in [2.05, 4.69) is 5.32 Å². The standard InChI is InChI=1S/C25H17ClN2O4/c1-16(29)22-7-2-3-8-23(22)28-24(30)19(15-27)13-17-9-11-21(12-10-17)32-25(31)18-5-4-6-20(26)14-18/h2-14H,1H3,(H,28,30)/b19-13-. The van der Waals surface area contributed by atoms with Crippen LogP contribution in [0.4, 0.5) is 5.69 Å². The summed E-state index contributed by atoms with van der Waals surface area (Å²) in [5, 5.41) is 12.4. The minimum atomic E-state index is -0.641. The fraction of sp³-hybridized carbons (Fsp3) is 0.0400. The van der Waals surface area contributed by atoms with Crippen molar-refractivity contribution in [2.45, 2.75) is 6.92 Å². The summed E-state index contributed by atoms with van der Waals surface area (Å²) < 4.78 is 5.31. The summed E-state index contributed by atoms with van der Waals surface area (Å²) in [7, 11) is 0. The summed E-state index contributed by atoms with van der Waals surface area (Å²) in [5.41, 5.74) is 1.40. The molecule has 0 aliphatic heterocycles. The Morgan fingerprint density at radius 3 is 2.38 bits per heavy atom. The molecule has 0 atom stereocenters. The summed E-state index contributed by atoms with van der Waals surface area (Å²) in [5.74, 6) is -1.11. The summed E-state index contributed by atoms with van der Waals surface area (Å²) in [6.45, 7) is 1.40. The van der Waals surface area contributed by atoms with Crippen LogP contribution in [0.15, 0.2) is 78.4 Å². The lowest BCUT2D eigenvalue weighted by molar-refractivity contribution is -0.112. The summed E-state index contributed by atoms with van der Waals surface area (Å²) in [4.78, 5) is 36.4. The van der Waals surface area contributed by atoms with E-state index in [4.69, 9.17) is 16.3 Å². The Balaban J connectivity index is 1.72. The number of amides is 1. The van der Waals surface area contributed by atoms with E-state index in [1.807, 2.05) is 6.07 Å². The van der Waals surface area contributed by atoms with E-state index in [0.29, 0.717) is 33.1 Å². The molecule has 32 heavy (non-hydrogen) atoms. The predicted molar refractivity (Wildman–Crippen MR) is 122 cm³/mol. The first-order chi connectivity index (χ1) is 15.4. The molecule has 0 unspecified atom stereocenters. The molecule has 0 aliphatic rings. The van der Waals surface area contributed by atoms with Gasteiger partial charge in [0, 0.05) is 10.6 Å². The molecule has 158 valence electrons. The number of nitrogens with zero attached hydrogens (tertiary/aromatic N) is 1. The van der Waals surface area contributed by atoms with Gasteiger partial charge in [-0.15, -0.1) is 0 Å². The van der Waals surface area contributed by atoms with Crippen LogP contribution >= 0.6 is 11.6 Å². The second kappa shape index (κ2) is 10.2. The van der Waals surface area contributed by atoms with Gasteiger partial charge in [0.15, 0.2) is 5.78 Å². The van der Waals surface area contributed by atoms with Crippen molar-refractivity contribution in [3.05, 3.63) is 100 Å². The third-order valence-electron chi connectivity index (χ3n) is 4.38. The van der Waals surface area contributed by atoms with Gasteiger partial charge >= 0.3 is 5.97 Å². The Bertz CT molecular complexity index is 1260. The molecular weight excluding hydrogens is 428 g/mol. The first-order valence-electron chi connectivity index (χ1n) is 9.48. The largest absolute Gasteiger partial charge is 0.423 e. The number of carbonyl (C=O) groups excluding carboxylic acids is 3. The fourth-order valence-corrected chi connectivity index (χ4v) is 3.01. The Morgan fingerprint density at radius 2 is 1.72 bits per heavy atom. The van der Waals surface area contributed by atoms with Crippen molar-refractivity contribution in [1.29, 1.82) is 5.26 Å². The normalized spacial score (nSPS) is 10.7. The van der Waals surface area contributed by atoms with E-state index in [0.717, 1.165) is 0 Å². The number of nitriles is 1. The number of carbonyl (C=O) groups is 3. The second-order valence-electron chi connectivity index (χ2n) is 6.69. The molecule has 0 radical (unpaired) electrons. The van der Waals surface area contributed by atoms with Crippen molar-refractivity contribution < 1.29 is 19.1 Å². The van der Waals surface area contributed by atoms with Gasteiger partial charge in [-0.3, -0.25) is 9.59 Å². The number of halogens is 1. The van der Waals surface area contributed by atoms with E-state index in [9.17, 15) is 19.6 Å². The van der Waals surface area contributed by atoms with Crippen molar-refractivity contribution in [3.8, 4) is 11.8 Å². The van der Waals surface area contributed by atoms with Crippen LogP contribution < -0.4 is 10.1 Å². The van der Waals surface area contributed by atoms with E-state index in [-0.39, 0.29) is 11.4 Å². The average molecular weight is 445 g/mol. The number of ether oxygens (including phenoxy) is 1. The van der Waals surface area contributed by atoms with Crippen molar-refractivity contribution in [2.75, 3.05) is 5.32 Å². The Labute approximate surface area is 189 Å². The number of nitrogens with one attached hydrogen (secondary N) is 1. The molecule has 0 fully saturated rings. The van der Waals surface area contributed by atoms with Gasteiger partial charge in [-0.25, -0.2) is 4.79 Å². The highest BCUT2D eigenvalue weighted by molar-refractivity contribution is 6.30. The molecule has 0 aromatic heterocycles. The highest BCUT2D eigenvalue weighted by Crippen LogP contribution is 2.19. The van der Waals surface area contributed by atoms with Gasteiger partial charge in [0.2, 0.25) is 0 Å². The van der Waals surface area contributed by atoms with Gasteiger partial charge < -0.3 is 10.1 Å². The van der Waals surface area contributed by atoms with E-state index >= 15 is 0 Å². The minimum absolute atomic E-state index is 0.146. The van der Waals surface area contributed by atoms with E-state index in [1.54, 1.807) is 66.7 Å². The SMILES string of the molecule is CC(=O)c1ccccc1NC(=O)/C(C#N)=C\c1ccc(OC(=O)c2cccc(Cl)c2)cc1. The first-order valence-corrected chi connectivity index (χ1v) is 9.86. The van der Waals surface area contributed by atoms with Gasteiger partial charge in [-0.2, -0.15) is 5.26 Å². The number of anilines is 1. The number of esters is 1. The highest BCUT2D eigenvalue weighted by Gasteiger charge is 2.14. The Kier molecular flexibility index (Phi) is 7.17. The van der Waals surface area contributed by atoms with Crippen LogP contribution in [0, 0.1) is 11.3 Å². The molecule has 6 nitrogen and oxygen atoms in total. The molecule has 0 bridgehead atoms. The molecule has 0 aliphatic carbocycles. The topological polar surface area (TPSA) is 96.3 Å². The van der Waals surface area contributed by atoms with E-state index in [1.165, 1.54) is 19.1 Å². The lowest BCUT2D eigenvalue weighted by atomic mass is 10.1. The van der Waals surface area contributed by atoms with Crippen molar-refractivity contribution in [1.82, 2.24) is 0 Å². The number of Topliss-reactive ketones (excluding diaryl/α,β-unsaturated/α-hetero) is 1. The number of para-hydroxylation sites is 1. The lowest BCUT2D eigenvalue weighted by Crippen LogP contribution is -2.15. The third kappa shape index (κ3) is 5.69. The summed E-state index contributed by atoms with van der Waals surface area (Å²) >= 11 is 5.89. The zero-order valence-electron chi connectivity index (χ0n) is 17.0. The number of ketones is 1. The van der Waals surface area contributed by atoms with Crippen LogP contribution in [0.2, 0.25) is 5.02 Å². The van der Waals surface area contributed by atoms with Gasteiger partial charge in [-0.1, -0.05) is 41.9 Å². The van der Waals surface area contributed by atoms with Crippen LogP contribution in [0.3, 0.4) is 0 Å². The Hall–Kier alpha value is -4.21. The van der Waals surface area contributed by atoms with Crippen molar-refractivity contribution in [3.63, 3.8) is 0 Å². The predicted octanol–water partition coefficient (Wildman–Crippen LogP) is 5.31. The summed E-state index contributed by atoms with van der Waals surface area (Å²) in [6, 6.07) is 21.1. The molecule has 7 heteroatoms. The second-order valence-corrected chi connectivity index (χ2v) is 7.13. The van der Waals surface area contributed by atoms with Crippen LogP contribution in [-0.2, 0) is 4.79 Å². The molecule has 3 aromatic rings. The molecule has 0 spiro atoms. The third-order valence-corrected chi connectivity index (χ3v) is 4.62. The first kappa shape index (κ1) is 22.5. The molecule has 3 rings (SSSR count). The number of hydrogen-bond acceptors (Lipinski definition) is 5. The molecule has 3 aromatic carbocycles. The number of benzene rings is 3. The van der Waals surface area contributed by atoms with Crippen LogP contribution in [0.5, 0.6) is 5.75 Å². The van der Waals surface area contributed by atoms with Crippen molar-refractivity contribution >= 4 is 41.0 Å². The summed E-state index contributed by atoms with van der Waals surface area (Å²) in [6.07, 6.45) is 1.40. The zero-order chi connectivity index (χ0) is 23.1. The smallest absolute Gasteiger partial charge is 0.343 e. The maximum atomic E-state index is 12.5. The molecule has 0 heterocycles. The Morgan fingerprint density at radius 1 is 1.00 bits per heavy atom. The minimum Gasteiger partial charge on any atom is -0.423 e. The highest BCUT2D eigenvalue weighted by atomic mass is 35.5. The molecule has 1 amide bonds. The van der Waals surface area contributed by atoms with Crippen LogP contribution in [-0.4, -0.2) is 17.7 Å². The van der Waals surface area contributed by atoms with Gasteiger partial charge in [-0.05, 0) is 61.0 Å². The van der Waals surface area contributed by atoms with Crippen LogP contribution in [0.25, 0.3) is 6.08 Å². The van der Waals surface area contributed by atoms with Gasteiger partial charge in [0.1, 0.15) is 17.4 Å². The molecule has 1 N–H and O–H groups in total. The van der Waals surface area contributed by atoms with E-state index < -0.39 is 11.9 Å². The number of hydrogen-bond donors (Lipinski definition) is 1. The average Bonchev–Trinajstić information content (AvgIpc) is 2.78.